The number of hydrogen-bond acceptors (Lipinski definition) is 2. The van der Waals surface area contributed by atoms with Crippen molar-refractivity contribution in [1.82, 2.24) is 4.90 Å². The molecular weight excluding hydrogens is 252 g/mol. The molecule has 2 amide bonds. The summed E-state index contributed by atoms with van der Waals surface area (Å²) in [5.74, 6) is 0.822. The molecule has 4 rings (SSSR count). The first-order chi connectivity index (χ1) is 9.59. The molecule has 2 aliphatic carbocycles. The van der Waals surface area contributed by atoms with Crippen molar-refractivity contribution < 1.29 is 14.1 Å². The van der Waals surface area contributed by atoms with Crippen LogP contribution in [0.25, 0.3) is 0 Å². The van der Waals surface area contributed by atoms with Crippen molar-refractivity contribution in [2.75, 3.05) is 26.8 Å². The Balaban J connectivity index is 1.55. The van der Waals surface area contributed by atoms with Gasteiger partial charge >= 0.3 is 0 Å². The lowest BCUT2D eigenvalue weighted by molar-refractivity contribution is -0.920. The number of rotatable bonds is 2. The van der Waals surface area contributed by atoms with Crippen LogP contribution in [0.5, 0.6) is 0 Å². The minimum Gasteiger partial charge on any atom is -0.309 e. The first-order valence-corrected chi connectivity index (χ1v) is 7.96. The van der Waals surface area contributed by atoms with Crippen LogP contribution in [0.4, 0.5) is 0 Å². The lowest BCUT2D eigenvalue weighted by Crippen LogP contribution is -2.55. The minimum atomic E-state index is -0.0334. The highest BCUT2D eigenvalue weighted by Crippen LogP contribution is 2.52. The number of fused-ring (bicyclic) bond motifs is 5. The zero-order valence-corrected chi connectivity index (χ0v) is 12.1. The van der Waals surface area contributed by atoms with Gasteiger partial charge in [0, 0.05) is 0 Å². The summed E-state index contributed by atoms with van der Waals surface area (Å²) < 4.78 is 0.861. The van der Waals surface area contributed by atoms with Gasteiger partial charge in [-0.1, -0.05) is 12.2 Å². The van der Waals surface area contributed by atoms with Gasteiger partial charge in [-0.2, -0.15) is 0 Å². The average Bonchev–Trinajstić information content (AvgIpc) is 3.09. The smallest absolute Gasteiger partial charge is 0.238 e. The van der Waals surface area contributed by atoms with Crippen molar-refractivity contribution in [2.24, 2.45) is 23.7 Å². The van der Waals surface area contributed by atoms with Crippen molar-refractivity contribution in [2.45, 2.75) is 25.7 Å². The van der Waals surface area contributed by atoms with Crippen LogP contribution in [0.1, 0.15) is 25.7 Å². The summed E-state index contributed by atoms with van der Waals surface area (Å²) in [4.78, 5) is 26.9. The summed E-state index contributed by atoms with van der Waals surface area (Å²) in [6.45, 7) is 2.79. The molecule has 0 aromatic heterocycles. The number of nitrogens with zero attached hydrogens (tertiary/aromatic N) is 2. The Morgan fingerprint density at radius 2 is 1.60 bits per heavy atom. The van der Waals surface area contributed by atoms with Crippen molar-refractivity contribution in [1.29, 1.82) is 0 Å². The lowest BCUT2D eigenvalue weighted by atomic mass is 9.85. The fourth-order valence-corrected chi connectivity index (χ4v) is 4.86. The number of carbonyl (C=O) groups excluding carboxylic acids is 2. The predicted octanol–water partition coefficient (Wildman–Crippen LogP) is 1.38. The molecule has 20 heavy (non-hydrogen) atoms. The van der Waals surface area contributed by atoms with Crippen molar-refractivity contribution in [3.8, 4) is 0 Å². The van der Waals surface area contributed by atoms with E-state index in [0.29, 0.717) is 18.5 Å². The van der Waals surface area contributed by atoms with Gasteiger partial charge in [0.1, 0.15) is 0 Å². The van der Waals surface area contributed by atoms with Gasteiger partial charge in [-0.15, -0.1) is 0 Å². The number of likely N-dealkylation sites (tertiary alicyclic amines) is 2. The quantitative estimate of drug-likeness (QED) is 0.434. The van der Waals surface area contributed by atoms with E-state index < -0.39 is 0 Å². The molecule has 2 saturated heterocycles. The fourth-order valence-electron chi connectivity index (χ4n) is 4.86. The van der Waals surface area contributed by atoms with Gasteiger partial charge in [-0.25, -0.2) is 4.90 Å². The standard InChI is InChI=1S/C16H23N2O2/c1-18(7-3-2-4-8-18)10-17-15(19)13-11-5-6-12(9-11)14(13)16(17)20/h5-6,11-14H,2-4,7-10H2,1H3/q+1/t11-,12-,13-,14+/m0/s1. The van der Waals surface area contributed by atoms with Crippen molar-refractivity contribution in [3.05, 3.63) is 12.2 Å². The highest BCUT2D eigenvalue weighted by molar-refractivity contribution is 6.06. The summed E-state index contributed by atoms with van der Waals surface area (Å²) in [7, 11) is 2.20. The van der Waals surface area contributed by atoms with Gasteiger partial charge in [0.05, 0.1) is 32.0 Å². The Morgan fingerprint density at radius 1 is 1.05 bits per heavy atom. The summed E-state index contributed by atoms with van der Waals surface area (Å²) in [6.07, 6.45) is 9.07. The third-order valence-corrected chi connectivity index (χ3v) is 5.94. The molecule has 0 aromatic carbocycles. The number of carbonyl (C=O) groups is 2. The lowest BCUT2D eigenvalue weighted by Gasteiger charge is -2.39. The summed E-state index contributed by atoms with van der Waals surface area (Å²) in [5, 5.41) is 0. The van der Waals surface area contributed by atoms with Gasteiger partial charge in [0.25, 0.3) is 0 Å². The summed E-state index contributed by atoms with van der Waals surface area (Å²) >= 11 is 0. The van der Waals surface area contributed by atoms with Crippen LogP contribution in [-0.4, -0.2) is 48.0 Å². The van der Waals surface area contributed by atoms with Crippen LogP contribution in [0, 0.1) is 23.7 Å². The molecule has 4 atom stereocenters. The Hall–Kier alpha value is -1.16. The first kappa shape index (κ1) is 12.6. The Morgan fingerprint density at radius 3 is 2.15 bits per heavy atom. The van der Waals surface area contributed by atoms with Gasteiger partial charge < -0.3 is 4.48 Å². The number of imide groups is 1. The zero-order valence-electron chi connectivity index (χ0n) is 12.1. The second-order valence-corrected chi connectivity index (χ2v) is 7.37. The van der Waals surface area contributed by atoms with Gasteiger partial charge in [0.15, 0.2) is 6.67 Å². The maximum atomic E-state index is 12.7. The normalized spacial score (nSPS) is 41.5. The summed E-state index contributed by atoms with van der Waals surface area (Å²) in [6, 6.07) is 0. The van der Waals surface area contributed by atoms with E-state index in [1.807, 2.05) is 0 Å². The summed E-state index contributed by atoms with van der Waals surface area (Å²) in [5.41, 5.74) is 0. The molecule has 0 N–H and O–H groups in total. The van der Waals surface area contributed by atoms with Gasteiger partial charge in [0.2, 0.25) is 11.8 Å². The van der Waals surface area contributed by atoms with Gasteiger partial charge in [-0.3, -0.25) is 9.59 Å². The topological polar surface area (TPSA) is 37.4 Å². The molecule has 4 heteroatoms. The number of piperidine rings is 1. The van der Waals surface area contributed by atoms with Crippen LogP contribution in [0.2, 0.25) is 0 Å². The number of allylic oxidation sites excluding steroid dienone is 2. The number of amides is 2. The van der Waals surface area contributed by atoms with Crippen LogP contribution >= 0.6 is 0 Å². The predicted molar refractivity (Wildman–Crippen MR) is 74.2 cm³/mol. The van der Waals surface area contributed by atoms with Gasteiger partial charge in [-0.05, 0) is 37.5 Å². The molecule has 0 aromatic rings. The Labute approximate surface area is 120 Å². The van der Waals surface area contributed by atoms with Crippen LogP contribution in [0.3, 0.4) is 0 Å². The molecule has 2 heterocycles. The molecule has 108 valence electrons. The van der Waals surface area contributed by atoms with E-state index in [1.54, 1.807) is 4.90 Å². The molecule has 0 spiro atoms. The van der Waals surface area contributed by atoms with Crippen molar-refractivity contribution in [3.63, 3.8) is 0 Å². The number of hydrogen-bond donors (Lipinski definition) is 0. The molecule has 2 bridgehead atoms. The van der Waals surface area contributed by atoms with E-state index in [4.69, 9.17) is 0 Å². The third-order valence-electron chi connectivity index (χ3n) is 5.94. The largest absolute Gasteiger partial charge is 0.309 e. The maximum absolute atomic E-state index is 12.7. The van der Waals surface area contributed by atoms with Crippen LogP contribution < -0.4 is 0 Å². The number of quaternary nitrogens is 1. The SMILES string of the molecule is C[N+]1(CN2C(=O)[C@@H]3[C@H](C2=O)[C@H]2C=C[C@H]3C2)CCCCC1. The van der Waals surface area contributed by atoms with E-state index in [2.05, 4.69) is 19.2 Å². The maximum Gasteiger partial charge on any atom is 0.238 e. The third kappa shape index (κ3) is 1.63. The van der Waals surface area contributed by atoms with Crippen LogP contribution in [0.15, 0.2) is 12.2 Å². The molecule has 3 fully saturated rings. The highest BCUT2D eigenvalue weighted by atomic mass is 16.2. The van der Waals surface area contributed by atoms with E-state index in [-0.39, 0.29) is 23.7 Å². The second-order valence-electron chi connectivity index (χ2n) is 7.37. The monoisotopic (exact) mass is 275 g/mol. The van der Waals surface area contributed by atoms with Crippen molar-refractivity contribution >= 4 is 11.8 Å². The highest BCUT2D eigenvalue weighted by Gasteiger charge is 2.60. The molecule has 4 nitrogen and oxygen atoms in total. The molecule has 2 aliphatic heterocycles. The molecule has 1 saturated carbocycles. The minimum absolute atomic E-state index is 0.0334. The Bertz CT molecular complexity index is 463. The first-order valence-electron chi connectivity index (χ1n) is 7.96. The average molecular weight is 275 g/mol. The van der Waals surface area contributed by atoms with E-state index in [1.165, 1.54) is 19.3 Å². The Kier molecular flexibility index (Phi) is 2.62. The van der Waals surface area contributed by atoms with Crippen LogP contribution in [-0.2, 0) is 9.59 Å². The second kappa shape index (κ2) is 4.17. The zero-order chi connectivity index (χ0) is 13.9. The molecule has 4 aliphatic rings. The molecule has 0 radical (unpaired) electrons. The molecular formula is C16H23N2O2+. The van der Waals surface area contributed by atoms with E-state index in [0.717, 1.165) is 24.0 Å². The molecule has 0 unspecified atom stereocenters. The fraction of sp³-hybridized carbons (Fsp3) is 0.750. The van der Waals surface area contributed by atoms with E-state index >= 15 is 0 Å². The van der Waals surface area contributed by atoms with E-state index in [9.17, 15) is 9.59 Å².